The van der Waals surface area contributed by atoms with Crippen LogP contribution in [0.15, 0.2) is 23.5 Å². The van der Waals surface area contributed by atoms with Gasteiger partial charge < -0.3 is 33.3 Å². The Labute approximate surface area is 250 Å². The van der Waals surface area contributed by atoms with Crippen molar-refractivity contribution in [1.82, 2.24) is 24.4 Å². The number of carbonyl (C=O) groups excluding carboxylic acids is 2. The molecule has 0 amide bonds. The fourth-order valence-corrected chi connectivity index (χ4v) is 5.30. The van der Waals surface area contributed by atoms with Crippen LogP contribution in [0, 0.1) is 17.2 Å². The van der Waals surface area contributed by atoms with Gasteiger partial charge in [0.1, 0.15) is 48.9 Å². The minimum Gasteiger partial charge on any atom is -0.430 e. The molecule has 0 saturated carbocycles. The van der Waals surface area contributed by atoms with E-state index in [-0.39, 0.29) is 5.92 Å². The molecule has 15 heteroatoms. The van der Waals surface area contributed by atoms with Gasteiger partial charge in [-0.15, -0.1) is 0 Å². The van der Waals surface area contributed by atoms with Crippen LogP contribution >= 0.6 is 0 Å². The van der Waals surface area contributed by atoms with E-state index in [4.69, 9.17) is 28.4 Å². The molecule has 6 atom stereocenters. The molecule has 0 N–H and O–H groups in total. The monoisotopic (exact) mass is 601 g/mol. The highest BCUT2D eigenvalue weighted by Crippen LogP contribution is 2.50. The van der Waals surface area contributed by atoms with Crippen molar-refractivity contribution in [3.63, 3.8) is 0 Å². The van der Waals surface area contributed by atoms with Crippen molar-refractivity contribution < 1.29 is 38.0 Å². The first kappa shape index (κ1) is 32.1. The Balaban J connectivity index is 1.52. The molecular weight excluding hydrogens is 562 g/mol. The predicted octanol–water partition coefficient (Wildman–Crippen LogP) is 2.43. The summed E-state index contributed by atoms with van der Waals surface area (Å²) in [6, 6.07) is 5.18. The number of esters is 1. The maximum absolute atomic E-state index is 12.6. The molecule has 43 heavy (non-hydrogen) atoms. The highest BCUT2D eigenvalue weighted by molar-refractivity contribution is 5.76. The van der Waals surface area contributed by atoms with Crippen LogP contribution < -0.4 is 0 Å². The molecule has 0 spiro atoms. The molecule has 0 aromatic carbocycles. The number of carbonyl (C=O) groups is 2. The van der Waals surface area contributed by atoms with Crippen LogP contribution in [0.1, 0.15) is 46.4 Å². The van der Waals surface area contributed by atoms with Gasteiger partial charge in [-0.05, 0) is 46.0 Å². The summed E-state index contributed by atoms with van der Waals surface area (Å²) in [5.41, 5.74) is -0.574. The molecule has 2 fully saturated rings. The molecule has 234 valence electrons. The normalized spacial score (nSPS) is 26.0. The fourth-order valence-electron chi connectivity index (χ4n) is 5.30. The standard InChI is InChI=1S/C28H39N7O8/c1-16(2)20(34(8)9)25(36)39-17(3)40-26(37)38-13-28(12-29)23-22(41-27(4,5)43-23)21(42-28)18-10-11-19-24(31-15-33(6)7)30-14-32-35(18)19/h10-11,14-17,20-23H,13H2,1-9H3/t17?,20-,21-,22-,23-,28+/m0/s1. The van der Waals surface area contributed by atoms with Crippen molar-refractivity contribution in [3.8, 4) is 6.07 Å². The van der Waals surface area contributed by atoms with Gasteiger partial charge in [-0.2, -0.15) is 10.4 Å². The lowest BCUT2D eigenvalue weighted by atomic mass is 9.96. The number of hydrogen-bond acceptors (Lipinski definition) is 13. The van der Waals surface area contributed by atoms with Crippen LogP contribution in [0.25, 0.3) is 5.52 Å². The van der Waals surface area contributed by atoms with Crippen LogP contribution in [-0.4, -0.2) is 114 Å². The van der Waals surface area contributed by atoms with E-state index in [1.165, 1.54) is 13.3 Å². The third-order valence-corrected chi connectivity index (χ3v) is 6.96. The zero-order valence-corrected chi connectivity index (χ0v) is 25.9. The van der Waals surface area contributed by atoms with E-state index in [2.05, 4.69) is 21.1 Å². The highest BCUT2D eigenvalue weighted by atomic mass is 16.8. The maximum Gasteiger partial charge on any atom is 0.511 e. The Kier molecular flexibility index (Phi) is 9.26. The number of nitriles is 1. The van der Waals surface area contributed by atoms with Crippen LogP contribution in [0.5, 0.6) is 0 Å². The number of rotatable bonds is 10. The van der Waals surface area contributed by atoms with E-state index in [9.17, 15) is 14.9 Å². The van der Waals surface area contributed by atoms with Crippen molar-refractivity contribution in [2.45, 2.75) is 76.7 Å². The second-order valence-corrected chi connectivity index (χ2v) is 11.7. The summed E-state index contributed by atoms with van der Waals surface area (Å²) >= 11 is 0. The summed E-state index contributed by atoms with van der Waals surface area (Å²) in [5.74, 6) is -1.19. The SMILES string of the molecule is CC(OC(=O)OC[C@@]1(C#N)O[C@@H](c2ccc3c(N=CN(C)C)ncnn23)[C@@H]2OC(C)(C)O[C@@H]21)OC(=O)[C@H](C(C)C)N(C)C. The number of hydrogen-bond donors (Lipinski definition) is 0. The van der Waals surface area contributed by atoms with Gasteiger partial charge >= 0.3 is 12.1 Å². The first-order valence-electron chi connectivity index (χ1n) is 13.9. The minimum atomic E-state index is -1.75. The Hall–Kier alpha value is -3.84. The molecule has 0 aliphatic carbocycles. The Morgan fingerprint density at radius 3 is 2.51 bits per heavy atom. The van der Waals surface area contributed by atoms with Crippen molar-refractivity contribution in [2.75, 3.05) is 34.8 Å². The lowest BCUT2D eigenvalue weighted by molar-refractivity contribution is -0.207. The van der Waals surface area contributed by atoms with Gasteiger partial charge in [-0.25, -0.2) is 19.3 Å². The highest BCUT2D eigenvalue weighted by Gasteiger charge is 2.65. The Morgan fingerprint density at radius 1 is 1.16 bits per heavy atom. The molecule has 2 aliphatic rings. The molecule has 2 aromatic rings. The quantitative estimate of drug-likeness (QED) is 0.169. The smallest absolute Gasteiger partial charge is 0.430 e. The van der Waals surface area contributed by atoms with Crippen LogP contribution in [0.4, 0.5) is 10.6 Å². The summed E-state index contributed by atoms with van der Waals surface area (Å²) in [6.07, 6.45) is -1.88. The summed E-state index contributed by atoms with van der Waals surface area (Å²) in [7, 11) is 7.20. The zero-order valence-electron chi connectivity index (χ0n) is 25.9. The molecule has 0 bridgehead atoms. The van der Waals surface area contributed by atoms with E-state index < -0.39 is 60.8 Å². The molecule has 4 rings (SSSR count). The third-order valence-electron chi connectivity index (χ3n) is 6.96. The number of nitrogens with zero attached hydrogens (tertiary/aromatic N) is 7. The average Bonchev–Trinajstić information content (AvgIpc) is 3.55. The van der Waals surface area contributed by atoms with Crippen LogP contribution in [-0.2, 0) is 33.2 Å². The summed E-state index contributed by atoms with van der Waals surface area (Å²) < 4.78 is 36.0. The topological polar surface area (TPSA) is 162 Å². The number of likely N-dealkylation sites (N-methyl/N-ethyl adjacent to an activating group) is 1. The fraction of sp³-hybridized carbons (Fsp3) is 0.643. The molecule has 4 heterocycles. The van der Waals surface area contributed by atoms with Crippen LogP contribution in [0.2, 0.25) is 0 Å². The van der Waals surface area contributed by atoms with Gasteiger partial charge in [0.2, 0.25) is 11.9 Å². The zero-order chi connectivity index (χ0) is 31.7. The van der Waals surface area contributed by atoms with Gasteiger partial charge in [0.15, 0.2) is 11.6 Å². The van der Waals surface area contributed by atoms with Crippen molar-refractivity contribution >= 4 is 29.8 Å². The lowest BCUT2D eigenvalue weighted by Gasteiger charge is -2.29. The predicted molar refractivity (Wildman–Crippen MR) is 151 cm³/mol. The molecule has 15 nitrogen and oxygen atoms in total. The largest absolute Gasteiger partial charge is 0.511 e. The van der Waals surface area contributed by atoms with Gasteiger partial charge in [0, 0.05) is 21.0 Å². The van der Waals surface area contributed by atoms with E-state index >= 15 is 0 Å². The Bertz CT molecular complexity index is 1390. The van der Waals surface area contributed by atoms with E-state index in [1.54, 1.807) is 60.7 Å². The summed E-state index contributed by atoms with van der Waals surface area (Å²) in [5, 5.41) is 14.7. The van der Waals surface area contributed by atoms with Gasteiger partial charge in [-0.1, -0.05) is 13.8 Å². The number of aromatic nitrogens is 3. The van der Waals surface area contributed by atoms with Crippen LogP contribution in [0.3, 0.4) is 0 Å². The average molecular weight is 602 g/mol. The molecule has 0 radical (unpaired) electrons. The van der Waals surface area contributed by atoms with E-state index in [1.807, 2.05) is 27.9 Å². The summed E-state index contributed by atoms with van der Waals surface area (Å²) in [4.78, 5) is 37.4. The second kappa shape index (κ2) is 12.4. The number of fused-ring (bicyclic) bond motifs is 2. The van der Waals surface area contributed by atoms with Gasteiger partial charge in [0.05, 0.1) is 12.0 Å². The molecule has 2 saturated heterocycles. The molecule has 2 aromatic heterocycles. The first-order valence-corrected chi connectivity index (χ1v) is 13.9. The lowest BCUT2D eigenvalue weighted by Crippen LogP contribution is -2.46. The number of ether oxygens (including phenoxy) is 6. The third kappa shape index (κ3) is 6.72. The van der Waals surface area contributed by atoms with Gasteiger partial charge in [-0.3, -0.25) is 9.69 Å². The van der Waals surface area contributed by atoms with Crippen molar-refractivity contribution in [3.05, 3.63) is 24.2 Å². The molecule has 2 aliphatic heterocycles. The maximum atomic E-state index is 12.6. The van der Waals surface area contributed by atoms with Crippen molar-refractivity contribution in [1.29, 1.82) is 5.26 Å². The van der Waals surface area contributed by atoms with Gasteiger partial charge in [0.25, 0.3) is 0 Å². The Morgan fingerprint density at radius 2 is 1.88 bits per heavy atom. The first-order chi connectivity index (χ1) is 20.2. The number of aliphatic imine (C=N–C) groups is 1. The van der Waals surface area contributed by atoms with E-state index in [0.29, 0.717) is 17.0 Å². The van der Waals surface area contributed by atoms with E-state index in [0.717, 1.165) is 0 Å². The van der Waals surface area contributed by atoms with Crippen molar-refractivity contribution in [2.24, 2.45) is 10.9 Å². The minimum absolute atomic E-state index is 0.0306. The second-order valence-electron chi connectivity index (χ2n) is 11.7. The molecule has 1 unspecified atom stereocenters. The molecular formula is C28H39N7O8. The summed E-state index contributed by atoms with van der Waals surface area (Å²) in [6.45, 7) is 8.07.